The number of benzene rings is 1. The molecule has 0 spiro atoms. The van der Waals surface area contributed by atoms with Gasteiger partial charge in [-0.1, -0.05) is 45.4 Å². The van der Waals surface area contributed by atoms with E-state index in [0.717, 1.165) is 22.7 Å². The van der Waals surface area contributed by atoms with Gasteiger partial charge in [0.2, 0.25) is 0 Å². The van der Waals surface area contributed by atoms with Crippen LogP contribution in [0.15, 0.2) is 29.4 Å². The molecule has 1 aromatic carbocycles. The van der Waals surface area contributed by atoms with Gasteiger partial charge in [0.1, 0.15) is 6.61 Å². The Labute approximate surface area is 109 Å². The molecule has 1 aromatic rings. The van der Waals surface area contributed by atoms with Crippen LogP contribution in [0.4, 0.5) is 0 Å². The van der Waals surface area contributed by atoms with Crippen molar-refractivity contribution in [2.45, 2.75) is 18.9 Å². The van der Waals surface area contributed by atoms with Gasteiger partial charge in [-0.2, -0.15) is 0 Å². The number of rotatable bonds is 6. The number of carbonyl (C=O) groups excluding carboxylic acids is 1. The topological polar surface area (TPSA) is 47.9 Å². The molecular formula is C12H14BrNO3. The number of alkyl halides is 1. The fraction of sp³-hybridized carbons (Fsp3) is 0.333. The Bertz CT molecular complexity index is 393. The minimum atomic E-state index is -0.499. The van der Waals surface area contributed by atoms with E-state index in [2.05, 4.69) is 25.8 Å². The molecule has 0 aliphatic heterocycles. The SMILES string of the molecule is CCOC(=O)/C=N/OCc1ccccc1CBr. The molecular weight excluding hydrogens is 286 g/mol. The summed E-state index contributed by atoms with van der Waals surface area (Å²) in [6.07, 6.45) is 1.03. The zero-order chi connectivity index (χ0) is 12.5. The van der Waals surface area contributed by atoms with Gasteiger partial charge < -0.3 is 9.57 Å². The first-order valence-corrected chi connectivity index (χ1v) is 6.35. The first kappa shape index (κ1) is 13.7. The molecule has 17 heavy (non-hydrogen) atoms. The van der Waals surface area contributed by atoms with E-state index in [4.69, 9.17) is 4.84 Å². The molecule has 0 radical (unpaired) electrons. The number of hydrogen-bond acceptors (Lipinski definition) is 4. The highest BCUT2D eigenvalue weighted by molar-refractivity contribution is 9.08. The third kappa shape index (κ3) is 4.99. The number of oxime groups is 1. The number of ether oxygens (including phenoxy) is 1. The van der Waals surface area contributed by atoms with Crippen LogP contribution in [0, 0.1) is 0 Å². The summed E-state index contributed by atoms with van der Waals surface area (Å²) in [6, 6.07) is 7.85. The van der Waals surface area contributed by atoms with Crippen molar-refractivity contribution >= 4 is 28.1 Å². The molecule has 0 aliphatic rings. The van der Waals surface area contributed by atoms with Gasteiger partial charge in [0.05, 0.1) is 6.61 Å². The lowest BCUT2D eigenvalue weighted by Crippen LogP contribution is -2.05. The zero-order valence-corrected chi connectivity index (χ0v) is 11.1. The van der Waals surface area contributed by atoms with Crippen molar-refractivity contribution in [1.29, 1.82) is 0 Å². The molecule has 0 aromatic heterocycles. The summed E-state index contributed by atoms with van der Waals surface area (Å²) >= 11 is 3.39. The highest BCUT2D eigenvalue weighted by atomic mass is 79.9. The molecule has 0 heterocycles. The van der Waals surface area contributed by atoms with E-state index in [-0.39, 0.29) is 0 Å². The van der Waals surface area contributed by atoms with Crippen LogP contribution in [0.3, 0.4) is 0 Å². The average Bonchev–Trinajstić information content (AvgIpc) is 2.35. The summed E-state index contributed by atoms with van der Waals surface area (Å²) in [6.45, 7) is 2.40. The number of carbonyl (C=O) groups is 1. The smallest absolute Gasteiger partial charge is 0.352 e. The molecule has 0 N–H and O–H groups in total. The van der Waals surface area contributed by atoms with E-state index >= 15 is 0 Å². The predicted octanol–water partition coefficient (Wildman–Crippen LogP) is 2.65. The van der Waals surface area contributed by atoms with Gasteiger partial charge >= 0.3 is 5.97 Å². The summed E-state index contributed by atoms with van der Waals surface area (Å²) in [5, 5.41) is 4.30. The fourth-order valence-corrected chi connectivity index (χ4v) is 1.74. The van der Waals surface area contributed by atoms with Crippen molar-refractivity contribution in [1.82, 2.24) is 0 Å². The van der Waals surface area contributed by atoms with Gasteiger partial charge in [-0.05, 0) is 18.1 Å². The summed E-state index contributed by atoms with van der Waals surface area (Å²) in [4.78, 5) is 15.9. The summed E-state index contributed by atoms with van der Waals surface area (Å²) in [5.41, 5.74) is 2.17. The second-order valence-corrected chi connectivity index (χ2v) is 3.72. The van der Waals surface area contributed by atoms with E-state index < -0.39 is 5.97 Å². The molecule has 0 amide bonds. The minimum absolute atomic E-state index is 0.331. The first-order valence-electron chi connectivity index (χ1n) is 5.22. The zero-order valence-electron chi connectivity index (χ0n) is 9.56. The largest absolute Gasteiger partial charge is 0.462 e. The van der Waals surface area contributed by atoms with Crippen LogP contribution in [-0.2, 0) is 26.3 Å². The molecule has 0 saturated heterocycles. The van der Waals surface area contributed by atoms with Crippen LogP contribution in [0.1, 0.15) is 18.1 Å². The van der Waals surface area contributed by atoms with Gasteiger partial charge in [-0.25, -0.2) is 4.79 Å². The average molecular weight is 300 g/mol. The Balaban J connectivity index is 2.43. The fourth-order valence-electron chi connectivity index (χ4n) is 1.20. The van der Waals surface area contributed by atoms with Crippen molar-refractivity contribution in [3.05, 3.63) is 35.4 Å². The Hall–Kier alpha value is -1.36. The number of hydrogen-bond donors (Lipinski definition) is 0. The van der Waals surface area contributed by atoms with Crippen LogP contribution in [0.25, 0.3) is 0 Å². The summed E-state index contributed by atoms with van der Waals surface area (Å²) < 4.78 is 4.66. The molecule has 92 valence electrons. The summed E-state index contributed by atoms with van der Waals surface area (Å²) in [7, 11) is 0. The summed E-state index contributed by atoms with van der Waals surface area (Å²) in [5.74, 6) is -0.499. The van der Waals surface area contributed by atoms with E-state index in [1.54, 1.807) is 6.92 Å². The number of esters is 1. The lowest BCUT2D eigenvalue weighted by molar-refractivity contribution is -0.134. The van der Waals surface area contributed by atoms with E-state index in [0.29, 0.717) is 13.2 Å². The van der Waals surface area contributed by atoms with Crippen molar-refractivity contribution in [3.63, 3.8) is 0 Å². The van der Waals surface area contributed by atoms with Gasteiger partial charge in [0, 0.05) is 5.33 Å². The maximum Gasteiger partial charge on any atom is 0.352 e. The molecule has 5 heteroatoms. The third-order valence-electron chi connectivity index (χ3n) is 2.00. The molecule has 0 atom stereocenters. The molecule has 0 bridgehead atoms. The third-order valence-corrected chi connectivity index (χ3v) is 2.61. The van der Waals surface area contributed by atoms with Gasteiger partial charge in [0.25, 0.3) is 0 Å². The normalized spacial score (nSPS) is 10.5. The Morgan fingerprint density at radius 3 is 2.76 bits per heavy atom. The monoisotopic (exact) mass is 299 g/mol. The maximum absolute atomic E-state index is 10.9. The standard InChI is InChI=1S/C12H14BrNO3/c1-2-16-12(15)8-14-17-9-11-6-4-3-5-10(11)7-13/h3-6,8H,2,7,9H2,1H3/b14-8+. The highest BCUT2D eigenvalue weighted by Gasteiger charge is 2.00. The maximum atomic E-state index is 10.9. The predicted molar refractivity (Wildman–Crippen MR) is 69.0 cm³/mol. The first-order chi connectivity index (χ1) is 8.27. The molecule has 0 fully saturated rings. The molecule has 0 aliphatic carbocycles. The van der Waals surface area contributed by atoms with Crippen LogP contribution in [0.5, 0.6) is 0 Å². The van der Waals surface area contributed by atoms with Crippen molar-refractivity contribution in [3.8, 4) is 0 Å². The van der Waals surface area contributed by atoms with Gasteiger partial charge in [0.15, 0.2) is 6.21 Å². The van der Waals surface area contributed by atoms with Crippen molar-refractivity contribution < 1.29 is 14.4 Å². The lowest BCUT2D eigenvalue weighted by Gasteiger charge is -2.04. The van der Waals surface area contributed by atoms with Crippen molar-refractivity contribution in [2.75, 3.05) is 6.61 Å². The van der Waals surface area contributed by atoms with Crippen LogP contribution in [0.2, 0.25) is 0 Å². The van der Waals surface area contributed by atoms with Gasteiger partial charge in [-0.3, -0.25) is 0 Å². The minimum Gasteiger partial charge on any atom is -0.462 e. The van der Waals surface area contributed by atoms with Crippen LogP contribution < -0.4 is 0 Å². The van der Waals surface area contributed by atoms with Crippen LogP contribution in [-0.4, -0.2) is 18.8 Å². The molecule has 0 saturated carbocycles. The Kier molecular flexibility index (Phi) is 6.32. The molecule has 1 rings (SSSR count). The molecule has 4 nitrogen and oxygen atoms in total. The quantitative estimate of drug-likeness (QED) is 0.351. The Morgan fingerprint density at radius 1 is 1.41 bits per heavy atom. The number of nitrogens with zero attached hydrogens (tertiary/aromatic N) is 1. The van der Waals surface area contributed by atoms with Crippen molar-refractivity contribution in [2.24, 2.45) is 5.16 Å². The second-order valence-electron chi connectivity index (χ2n) is 3.16. The van der Waals surface area contributed by atoms with Crippen LogP contribution >= 0.6 is 15.9 Å². The van der Waals surface area contributed by atoms with E-state index in [9.17, 15) is 4.79 Å². The Morgan fingerprint density at radius 2 is 2.12 bits per heavy atom. The second kappa shape index (κ2) is 7.84. The van der Waals surface area contributed by atoms with E-state index in [1.165, 1.54) is 0 Å². The number of halogens is 1. The van der Waals surface area contributed by atoms with E-state index in [1.807, 2.05) is 24.3 Å². The molecule has 0 unspecified atom stereocenters. The lowest BCUT2D eigenvalue weighted by atomic mass is 10.1. The van der Waals surface area contributed by atoms with Gasteiger partial charge in [-0.15, -0.1) is 0 Å². The highest BCUT2D eigenvalue weighted by Crippen LogP contribution is 2.13.